The first-order valence-electron chi connectivity index (χ1n) is 6.33. The molecule has 0 aromatic heterocycles. The quantitative estimate of drug-likeness (QED) is 0.872. The summed E-state index contributed by atoms with van der Waals surface area (Å²) in [5.74, 6) is 1.16. The van der Waals surface area contributed by atoms with Crippen molar-refractivity contribution < 1.29 is 4.74 Å². The fourth-order valence-electron chi connectivity index (χ4n) is 2.11. The van der Waals surface area contributed by atoms with Gasteiger partial charge in [-0.2, -0.15) is 0 Å². The molecule has 0 aliphatic carbocycles. The third-order valence-corrected chi connectivity index (χ3v) is 3.03. The van der Waals surface area contributed by atoms with E-state index in [1.54, 1.807) is 0 Å². The Hall–Kier alpha value is -1.80. The zero-order valence-corrected chi connectivity index (χ0v) is 10.7. The highest BCUT2D eigenvalue weighted by atomic mass is 16.5. The van der Waals surface area contributed by atoms with Crippen molar-refractivity contribution in [3.8, 4) is 5.75 Å². The third-order valence-electron chi connectivity index (χ3n) is 3.03. The van der Waals surface area contributed by atoms with Gasteiger partial charge in [0.25, 0.3) is 0 Å². The maximum atomic E-state index is 5.90. The van der Waals surface area contributed by atoms with Crippen LogP contribution >= 0.6 is 0 Å². The van der Waals surface area contributed by atoms with E-state index in [9.17, 15) is 0 Å². The Bertz CT molecular complexity index is 464. The molecule has 0 amide bonds. The molecule has 18 heavy (non-hydrogen) atoms. The van der Waals surface area contributed by atoms with E-state index in [1.165, 1.54) is 11.1 Å². The van der Waals surface area contributed by atoms with E-state index in [0.717, 1.165) is 5.75 Å². The molecule has 2 rings (SSSR count). The number of hydrogen-bond acceptors (Lipinski definition) is 2. The molecule has 2 heteroatoms. The van der Waals surface area contributed by atoms with E-state index in [0.29, 0.717) is 13.2 Å². The molecular formula is C16H19NO. The van der Waals surface area contributed by atoms with Crippen molar-refractivity contribution in [2.45, 2.75) is 12.8 Å². The Morgan fingerprint density at radius 2 is 1.56 bits per heavy atom. The number of benzene rings is 2. The van der Waals surface area contributed by atoms with Crippen LogP contribution < -0.4 is 10.5 Å². The van der Waals surface area contributed by atoms with Crippen LogP contribution in [0.2, 0.25) is 0 Å². The van der Waals surface area contributed by atoms with Crippen molar-refractivity contribution in [1.29, 1.82) is 0 Å². The monoisotopic (exact) mass is 241 g/mol. The van der Waals surface area contributed by atoms with Crippen LogP contribution in [0, 0.1) is 0 Å². The van der Waals surface area contributed by atoms with E-state index < -0.39 is 0 Å². The number of ether oxygens (including phenoxy) is 1. The minimum atomic E-state index is 0.252. The van der Waals surface area contributed by atoms with Crippen LogP contribution in [0.5, 0.6) is 5.75 Å². The summed E-state index contributed by atoms with van der Waals surface area (Å²) in [6.45, 7) is 3.29. The SMILES string of the molecule is CCOc1ccc(C(CN)c2ccccc2)cc1. The van der Waals surface area contributed by atoms with E-state index >= 15 is 0 Å². The zero-order valence-electron chi connectivity index (χ0n) is 10.7. The normalized spacial score (nSPS) is 12.1. The predicted octanol–water partition coefficient (Wildman–Crippen LogP) is 3.18. The maximum Gasteiger partial charge on any atom is 0.119 e. The average Bonchev–Trinajstić information content (AvgIpc) is 2.43. The van der Waals surface area contributed by atoms with Crippen molar-refractivity contribution in [1.82, 2.24) is 0 Å². The van der Waals surface area contributed by atoms with Crippen LogP contribution in [-0.2, 0) is 0 Å². The maximum absolute atomic E-state index is 5.90. The van der Waals surface area contributed by atoms with Gasteiger partial charge in [0.05, 0.1) is 6.61 Å². The highest BCUT2D eigenvalue weighted by Crippen LogP contribution is 2.25. The van der Waals surface area contributed by atoms with E-state index in [1.807, 2.05) is 37.3 Å². The van der Waals surface area contributed by atoms with Crippen LogP contribution in [0.4, 0.5) is 0 Å². The molecule has 0 spiro atoms. The van der Waals surface area contributed by atoms with Crippen molar-refractivity contribution in [2.24, 2.45) is 5.73 Å². The second-order valence-corrected chi connectivity index (χ2v) is 4.20. The van der Waals surface area contributed by atoms with Gasteiger partial charge in [-0.25, -0.2) is 0 Å². The molecule has 0 aliphatic heterocycles. The number of hydrogen-bond donors (Lipinski definition) is 1. The van der Waals surface area contributed by atoms with Gasteiger partial charge >= 0.3 is 0 Å². The van der Waals surface area contributed by atoms with Crippen LogP contribution in [0.25, 0.3) is 0 Å². The van der Waals surface area contributed by atoms with Crippen molar-refractivity contribution in [3.63, 3.8) is 0 Å². The molecule has 2 N–H and O–H groups in total. The first kappa shape index (κ1) is 12.7. The standard InChI is InChI=1S/C16H19NO/c1-2-18-15-10-8-14(9-11-15)16(12-17)13-6-4-3-5-7-13/h3-11,16H,2,12,17H2,1H3. The Labute approximate surface area is 108 Å². The van der Waals surface area contributed by atoms with Crippen LogP contribution in [0.1, 0.15) is 24.0 Å². The summed E-state index contributed by atoms with van der Waals surface area (Å²) in [4.78, 5) is 0. The van der Waals surface area contributed by atoms with E-state index in [2.05, 4.69) is 24.3 Å². The Balaban J connectivity index is 2.23. The van der Waals surface area contributed by atoms with Crippen LogP contribution in [0.15, 0.2) is 54.6 Å². The Morgan fingerprint density at radius 3 is 2.11 bits per heavy atom. The summed E-state index contributed by atoms with van der Waals surface area (Å²) in [5, 5.41) is 0. The largest absolute Gasteiger partial charge is 0.494 e. The molecule has 94 valence electrons. The second-order valence-electron chi connectivity index (χ2n) is 4.20. The van der Waals surface area contributed by atoms with Gasteiger partial charge in [0.2, 0.25) is 0 Å². The fraction of sp³-hybridized carbons (Fsp3) is 0.250. The molecule has 2 aromatic carbocycles. The fourth-order valence-corrected chi connectivity index (χ4v) is 2.11. The predicted molar refractivity (Wildman–Crippen MR) is 75.0 cm³/mol. The number of nitrogens with two attached hydrogens (primary N) is 1. The lowest BCUT2D eigenvalue weighted by molar-refractivity contribution is 0.340. The van der Waals surface area contributed by atoms with Crippen LogP contribution in [0.3, 0.4) is 0 Å². The molecule has 0 saturated carbocycles. The van der Waals surface area contributed by atoms with Gasteiger partial charge in [-0.05, 0) is 30.2 Å². The lowest BCUT2D eigenvalue weighted by Crippen LogP contribution is -2.13. The van der Waals surface area contributed by atoms with Crippen molar-refractivity contribution >= 4 is 0 Å². The Morgan fingerprint density at radius 1 is 0.944 bits per heavy atom. The Kier molecular flexibility index (Phi) is 4.37. The molecule has 1 atom stereocenters. The van der Waals surface area contributed by atoms with Gasteiger partial charge in [-0.15, -0.1) is 0 Å². The first-order chi connectivity index (χ1) is 8.85. The van der Waals surface area contributed by atoms with Gasteiger partial charge < -0.3 is 10.5 Å². The topological polar surface area (TPSA) is 35.2 Å². The number of rotatable bonds is 5. The summed E-state index contributed by atoms with van der Waals surface area (Å²) in [6, 6.07) is 18.6. The molecule has 0 saturated heterocycles. The minimum absolute atomic E-state index is 0.252. The molecule has 0 radical (unpaired) electrons. The molecule has 2 aromatic rings. The van der Waals surface area contributed by atoms with E-state index in [-0.39, 0.29) is 5.92 Å². The lowest BCUT2D eigenvalue weighted by atomic mass is 9.91. The van der Waals surface area contributed by atoms with Gasteiger partial charge in [-0.1, -0.05) is 42.5 Å². The van der Waals surface area contributed by atoms with Crippen molar-refractivity contribution in [3.05, 3.63) is 65.7 Å². The van der Waals surface area contributed by atoms with Gasteiger partial charge in [0, 0.05) is 12.5 Å². The zero-order chi connectivity index (χ0) is 12.8. The molecule has 1 unspecified atom stereocenters. The first-order valence-corrected chi connectivity index (χ1v) is 6.33. The van der Waals surface area contributed by atoms with E-state index in [4.69, 9.17) is 10.5 Å². The summed E-state index contributed by atoms with van der Waals surface area (Å²) >= 11 is 0. The molecule has 0 aliphatic rings. The smallest absolute Gasteiger partial charge is 0.119 e. The summed E-state index contributed by atoms with van der Waals surface area (Å²) in [5.41, 5.74) is 8.38. The minimum Gasteiger partial charge on any atom is -0.494 e. The highest BCUT2D eigenvalue weighted by Gasteiger charge is 2.11. The molecule has 0 fully saturated rings. The van der Waals surface area contributed by atoms with Crippen LogP contribution in [-0.4, -0.2) is 13.2 Å². The summed E-state index contributed by atoms with van der Waals surface area (Å²) in [7, 11) is 0. The summed E-state index contributed by atoms with van der Waals surface area (Å²) in [6.07, 6.45) is 0. The molecule has 0 bridgehead atoms. The third kappa shape index (κ3) is 2.90. The summed E-state index contributed by atoms with van der Waals surface area (Å²) < 4.78 is 5.45. The second kappa shape index (κ2) is 6.22. The molecular weight excluding hydrogens is 222 g/mol. The average molecular weight is 241 g/mol. The van der Waals surface area contributed by atoms with Gasteiger partial charge in [0.1, 0.15) is 5.75 Å². The van der Waals surface area contributed by atoms with Crippen molar-refractivity contribution in [2.75, 3.05) is 13.2 Å². The van der Waals surface area contributed by atoms with Gasteiger partial charge in [-0.3, -0.25) is 0 Å². The molecule has 0 heterocycles. The van der Waals surface area contributed by atoms with Gasteiger partial charge in [0.15, 0.2) is 0 Å². The molecule has 2 nitrogen and oxygen atoms in total. The lowest BCUT2D eigenvalue weighted by Gasteiger charge is -2.16. The highest BCUT2D eigenvalue weighted by molar-refractivity contribution is 5.36.